The predicted octanol–water partition coefficient (Wildman–Crippen LogP) is 4.05. The summed E-state index contributed by atoms with van der Waals surface area (Å²) in [4.78, 5) is 16.6. The van der Waals surface area contributed by atoms with Gasteiger partial charge in [0.25, 0.3) is 5.91 Å². The third-order valence-electron chi connectivity index (χ3n) is 3.93. The molecule has 3 rings (SSSR count). The number of carbonyl (C=O) groups is 1. The van der Waals surface area contributed by atoms with Gasteiger partial charge in [-0.3, -0.25) is 15.1 Å². The average molecular weight is 410 g/mol. The summed E-state index contributed by atoms with van der Waals surface area (Å²) in [5.41, 5.74) is 1.01. The zero-order chi connectivity index (χ0) is 20.7. The highest BCUT2D eigenvalue weighted by atomic mass is 32.1. The Morgan fingerprint density at radius 2 is 1.72 bits per heavy atom. The molecule has 8 heteroatoms. The molecule has 3 aromatic rings. The summed E-state index contributed by atoms with van der Waals surface area (Å²) < 4.78 is 10.9. The van der Waals surface area contributed by atoms with Gasteiger partial charge in [-0.25, -0.2) is 0 Å². The van der Waals surface area contributed by atoms with Crippen molar-refractivity contribution in [2.75, 3.05) is 12.4 Å². The number of pyridine rings is 1. The Kier molecular flexibility index (Phi) is 6.69. The first-order valence-electron chi connectivity index (χ1n) is 8.96. The van der Waals surface area contributed by atoms with Crippen LogP contribution in [0.4, 0.5) is 5.13 Å². The summed E-state index contributed by atoms with van der Waals surface area (Å²) in [6, 6.07) is 11.4. The van der Waals surface area contributed by atoms with E-state index < -0.39 is 5.60 Å². The van der Waals surface area contributed by atoms with E-state index in [9.17, 15) is 4.79 Å². The van der Waals surface area contributed by atoms with Crippen molar-refractivity contribution in [2.24, 2.45) is 0 Å². The summed E-state index contributed by atoms with van der Waals surface area (Å²) >= 11 is 1.27. The summed E-state index contributed by atoms with van der Waals surface area (Å²) in [6.07, 6.45) is 7.52. The number of carbonyl (C=O) groups excluding carboxylic acids is 1. The summed E-state index contributed by atoms with van der Waals surface area (Å²) in [5.74, 6) is 0.294. The second kappa shape index (κ2) is 9.40. The lowest BCUT2D eigenvalue weighted by atomic mass is 10.1. The molecule has 2 heterocycles. The molecule has 1 aromatic carbocycles. The highest BCUT2D eigenvalue weighted by molar-refractivity contribution is 7.15. The van der Waals surface area contributed by atoms with Gasteiger partial charge in [-0.15, -0.1) is 10.2 Å². The number of hydrogen-bond acceptors (Lipinski definition) is 7. The maximum absolute atomic E-state index is 12.6. The van der Waals surface area contributed by atoms with Gasteiger partial charge in [0.15, 0.2) is 5.60 Å². The Morgan fingerprint density at radius 3 is 2.38 bits per heavy atom. The van der Waals surface area contributed by atoms with Gasteiger partial charge < -0.3 is 9.47 Å². The number of aromatic nitrogens is 3. The van der Waals surface area contributed by atoms with E-state index in [2.05, 4.69) is 20.5 Å². The fraction of sp³-hybridized carbons (Fsp3) is 0.238. The predicted molar refractivity (Wildman–Crippen MR) is 114 cm³/mol. The van der Waals surface area contributed by atoms with Gasteiger partial charge in [-0.05, 0) is 49.2 Å². The topological polar surface area (TPSA) is 86.2 Å². The Hall–Kier alpha value is -3.10. The number of nitrogens with one attached hydrogen (secondary N) is 1. The van der Waals surface area contributed by atoms with E-state index in [1.807, 2.05) is 48.6 Å². The largest absolute Gasteiger partial charge is 0.478 e. The molecule has 150 valence electrons. The molecule has 0 saturated carbocycles. The molecule has 7 nitrogen and oxygen atoms in total. The zero-order valence-corrected chi connectivity index (χ0v) is 17.3. The molecule has 29 heavy (non-hydrogen) atoms. The maximum Gasteiger partial charge on any atom is 0.269 e. The number of benzene rings is 1. The van der Waals surface area contributed by atoms with Crippen LogP contribution in [0.25, 0.3) is 12.2 Å². The number of hydrogen-bond donors (Lipinski definition) is 1. The van der Waals surface area contributed by atoms with Crippen LogP contribution in [-0.4, -0.2) is 33.8 Å². The molecule has 1 N–H and O–H groups in total. The van der Waals surface area contributed by atoms with Crippen LogP contribution in [0.1, 0.15) is 30.0 Å². The van der Waals surface area contributed by atoms with Crippen molar-refractivity contribution < 1.29 is 14.3 Å². The second-order valence-electron chi connectivity index (χ2n) is 6.68. The molecule has 0 bridgehead atoms. The number of ether oxygens (including phenoxy) is 2. The van der Waals surface area contributed by atoms with Crippen LogP contribution in [0.15, 0.2) is 48.8 Å². The number of rotatable bonds is 8. The van der Waals surface area contributed by atoms with Crippen molar-refractivity contribution in [1.29, 1.82) is 0 Å². The zero-order valence-electron chi connectivity index (χ0n) is 16.5. The molecule has 2 aromatic heterocycles. The van der Waals surface area contributed by atoms with Crippen LogP contribution in [0.2, 0.25) is 0 Å². The number of methoxy groups -OCH3 is 1. The number of nitrogens with zero attached hydrogens (tertiary/aromatic N) is 3. The Morgan fingerprint density at radius 1 is 1.07 bits per heavy atom. The first-order valence-corrected chi connectivity index (χ1v) is 9.78. The van der Waals surface area contributed by atoms with Crippen LogP contribution in [0, 0.1) is 0 Å². The van der Waals surface area contributed by atoms with E-state index in [0.29, 0.717) is 22.5 Å². The molecule has 0 fully saturated rings. The van der Waals surface area contributed by atoms with E-state index in [-0.39, 0.29) is 5.91 Å². The van der Waals surface area contributed by atoms with Gasteiger partial charge in [0, 0.05) is 19.5 Å². The summed E-state index contributed by atoms with van der Waals surface area (Å²) in [7, 11) is 1.58. The Labute approximate surface area is 173 Å². The lowest BCUT2D eigenvalue weighted by molar-refractivity contribution is -0.128. The highest BCUT2D eigenvalue weighted by Gasteiger charge is 2.31. The van der Waals surface area contributed by atoms with Gasteiger partial charge in [0.2, 0.25) is 5.13 Å². The first kappa shape index (κ1) is 20.6. The molecule has 0 atom stereocenters. The van der Waals surface area contributed by atoms with Gasteiger partial charge in [-0.2, -0.15) is 0 Å². The first-order chi connectivity index (χ1) is 14.0. The SMILES string of the molecule is COCc1nnc(NC(=O)C(C)(C)Oc2ccc(/C=C/c3ccncc3)cc2)s1. The third-order valence-corrected chi connectivity index (χ3v) is 4.74. The quantitative estimate of drug-likeness (QED) is 0.603. The Bertz CT molecular complexity index is 969. The van der Waals surface area contributed by atoms with Crippen molar-refractivity contribution >= 4 is 34.5 Å². The number of amides is 1. The smallest absolute Gasteiger partial charge is 0.269 e. The molecular weight excluding hydrogens is 388 g/mol. The lowest BCUT2D eigenvalue weighted by Crippen LogP contribution is -2.42. The molecule has 1 amide bonds. The molecular formula is C21H22N4O3S. The number of anilines is 1. The van der Waals surface area contributed by atoms with Crippen LogP contribution in [0.5, 0.6) is 5.75 Å². The van der Waals surface area contributed by atoms with Gasteiger partial charge >= 0.3 is 0 Å². The fourth-order valence-electron chi connectivity index (χ4n) is 2.39. The molecule has 0 saturated heterocycles. The van der Waals surface area contributed by atoms with Gasteiger partial charge in [0.05, 0.1) is 0 Å². The fourth-order valence-corrected chi connectivity index (χ4v) is 3.10. The van der Waals surface area contributed by atoms with Crippen LogP contribution in [-0.2, 0) is 16.1 Å². The minimum Gasteiger partial charge on any atom is -0.478 e. The average Bonchev–Trinajstić information content (AvgIpc) is 3.15. The van der Waals surface area contributed by atoms with E-state index in [1.165, 1.54) is 11.3 Å². The monoisotopic (exact) mass is 410 g/mol. The van der Waals surface area contributed by atoms with Gasteiger partial charge in [-0.1, -0.05) is 35.6 Å². The van der Waals surface area contributed by atoms with E-state index >= 15 is 0 Å². The second-order valence-corrected chi connectivity index (χ2v) is 7.75. The molecule has 0 spiro atoms. The van der Waals surface area contributed by atoms with Crippen LogP contribution >= 0.6 is 11.3 Å². The van der Waals surface area contributed by atoms with Crippen molar-refractivity contribution in [2.45, 2.75) is 26.1 Å². The summed E-state index contributed by atoms with van der Waals surface area (Å²) in [6.45, 7) is 3.77. The molecule has 0 aliphatic heterocycles. The Balaban J connectivity index is 1.60. The van der Waals surface area contributed by atoms with Crippen LogP contribution in [0.3, 0.4) is 0 Å². The normalized spacial score (nSPS) is 11.6. The lowest BCUT2D eigenvalue weighted by Gasteiger charge is -2.24. The molecule has 0 aliphatic carbocycles. The molecule has 0 radical (unpaired) electrons. The third kappa shape index (κ3) is 5.94. The van der Waals surface area contributed by atoms with Crippen molar-refractivity contribution in [3.05, 3.63) is 64.9 Å². The van der Waals surface area contributed by atoms with Gasteiger partial charge in [0.1, 0.15) is 17.4 Å². The standard InChI is InChI=1S/C21H22N4O3S/c1-21(2,19(26)23-20-25-24-18(29-20)14-27-3)28-17-8-6-15(7-9-17)4-5-16-10-12-22-13-11-16/h4-13H,14H2,1-3H3,(H,23,25,26)/b5-4+. The van der Waals surface area contributed by atoms with E-state index in [1.54, 1.807) is 33.4 Å². The van der Waals surface area contributed by atoms with E-state index in [0.717, 1.165) is 11.1 Å². The van der Waals surface area contributed by atoms with Crippen LogP contribution < -0.4 is 10.1 Å². The highest BCUT2D eigenvalue weighted by Crippen LogP contribution is 2.23. The summed E-state index contributed by atoms with van der Waals surface area (Å²) in [5, 5.41) is 11.7. The molecule has 0 aliphatic rings. The van der Waals surface area contributed by atoms with Crippen molar-refractivity contribution in [1.82, 2.24) is 15.2 Å². The maximum atomic E-state index is 12.6. The van der Waals surface area contributed by atoms with E-state index in [4.69, 9.17) is 9.47 Å². The van der Waals surface area contributed by atoms with Crippen molar-refractivity contribution in [3.8, 4) is 5.75 Å². The van der Waals surface area contributed by atoms with Crippen molar-refractivity contribution in [3.63, 3.8) is 0 Å². The molecule has 0 unspecified atom stereocenters. The minimum atomic E-state index is -1.08. The minimum absolute atomic E-state index is 0.306.